The van der Waals surface area contributed by atoms with Crippen LogP contribution in [0.2, 0.25) is 0 Å². The number of amides is 1. The van der Waals surface area contributed by atoms with E-state index in [1.54, 1.807) is 24.3 Å². The summed E-state index contributed by atoms with van der Waals surface area (Å²) in [5, 5.41) is 8.90. The molecule has 0 saturated carbocycles. The van der Waals surface area contributed by atoms with E-state index in [4.69, 9.17) is 9.47 Å². The van der Waals surface area contributed by atoms with Gasteiger partial charge in [0.25, 0.3) is 15.9 Å². The zero-order valence-electron chi connectivity index (χ0n) is 16.1. The van der Waals surface area contributed by atoms with Gasteiger partial charge in [-0.15, -0.1) is 0 Å². The van der Waals surface area contributed by atoms with Crippen molar-refractivity contribution in [2.24, 2.45) is 0 Å². The Labute approximate surface area is 173 Å². The van der Waals surface area contributed by atoms with Crippen LogP contribution in [0.15, 0.2) is 72.4 Å². The Balaban J connectivity index is 1.77. The number of methoxy groups -OCH3 is 1. The maximum Gasteiger partial charge on any atom is 0.262 e. The molecule has 3 N–H and O–H groups in total. The number of hydrogen-bond donors (Lipinski definition) is 3. The van der Waals surface area contributed by atoms with E-state index in [2.05, 4.69) is 26.8 Å². The van der Waals surface area contributed by atoms with Gasteiger partial charge < -0.3 is 14.8 Å². The molecule has 9 nitrogen and oxygen atoms in total. The van der Waals surface area contributed by atoms with Crippen molar-refractivity contribution < 1.29 is 22.7 Å². The third kappa shape index (κ3) is 4.97. The van der Waals surface area contributed by atoms with Gasteiger partial charge in [-0.25, -0.2) is 8.42 Å². The van der Waals surface area contributed by atoms with Crippen molar-refractivity contribution in [2.45, 2.75) is 4.90 Å². The molecule has 0 fully saturated rings. The van der Waals surface area contributed by atoms with E-state index in [9.17, 15) is 13.2 Å². The summed E-state index contributed by atoms with van der Waals surface area (Å²) in [5.41, 5.74) is 0.943. The van der Waals surface area contributed by atoms with Crippen molar-refractivity contribution in [3.63, 3.8) is 0 Å². The molecule has 156 valence electrons. The number of nitrogens with one attached hydrogen (secondary N) is 3. The van der Waals surface area contributed by atoms with Gasteiger partial charge in [-0.3, -0.25) is 14.6 Å². The van der Waals surface area contributed by atoms with E-state index in [-0.39, 0.29) is 4.90 Å². The van der Waals surface area contributed by atoms with Gasteiger partial charge in [0.2, 0.25) is 0 Å². The first-order valence-corrected chi connectivity index (χ1v) is 10.3. The summed E-state index contributed by atoms with van der Waals surface area (Å²) < 4.78 is 38.2. The number of sulfonamides is 1. The lowest BCUT2D eigenvalue weighted by atomic mass is 10.2. The largest absolute Gasteiger partial charge is 0.493 e. The SMILES string of the molecule is C=CCOc1ccc(C(=O)Nc2cccc(S(=O)(=O)Nc3cn[nH]c3)c2)cc1OC. The van der Waals surface area contributed by atoms with E-state index < -0.39 is 15.9 Å². The molecule has 1 aromatic heterocycles. The average Bonchev–Trinajstić information content (AvgIpc) is 3.24. The number of aromatic amines is 1. The van der Waals surface area contributed by atoms with E-state index in [1.807, 2.05) is 0 Å². The van der Waals surface area contributed by atoms with Gasteiger partial charge >= 0.3 is 0 Å². The van der Waals surface area contributed by atoms with Gasteiger partial charge in [0, 0.05) is 17.4 Å². The van der Waals surface area contributed by atoms with Crippen molar-refractivity contribution in [1.29, 1.82) is 0 Å². The number of ether oxygens (including phenoxy) is 2. The van der Waals surface area contributed by atoms with Crippen molar-refractivity contribution in [1.82, 2.24) is 10.2 Å². The van der Waals surface area contributed by atoms with Crippen LogP contribution in [0.5, 0.6) is 11.5 Å². The number of rotatable bonds is 9. The van der Waals surface area contributed by atoms with E-state index in [0.717, 1.165) is 0 Å². The highest BCUT2D eigenvalue weighted by Gasteiger charge is 2.17. The minimum Gasteiger partial charge on any atom is -0.493 e. The Morgan fingerprint density at radius 2 is 2.03 bits per heavy atom. The van der Waals surface area contributed by atoms with E-state index in [0.29, 0.717) is 35.0 Å². The fourth-order valence-electron chi connectivity index (χ4n) is 2.54. The normalized spacial score (nSPS) is 10.8. The Morgan fingerprint density at radius 3 is 2.73 bits per heavy atom. The first-order chi connectivity index (χ1) is 14.4. The molecular formula is C20H20N4O5S. The lowest BCUT2D eigenvalue weighted by molar-refractivity contribution is 0.102. The zero-order chi connectivity index (χ0) is 21.6. The first-order valence-electron chi connectivity index (χ1n) is 8.77. The number of nitrogens with zero attached hydrogens (tertiary/aromatic N) is 1. The molecule has 0 saturated heterocycles. The summed E-state index contributed by atoms with van der Waals surface area (Å²) in [5.74, 6) is 0.443. The fraction of sp³-hybridized carbons (Fsp3) is 0.100. The predicted octanol–water partition coefficient (Wildman–Crippen LogP) is 3.04. The second-order valence-corrected chi connectivity index (χ2v) is 7.72. The van der Waals surface area contributed by atoms with Crippen molar-refractivity contribution in [3.8, 4) is 11.5 Å². The van der Waals surface area contributed by atoms with Crippen LogP contribution in [0.25, 0.3) is 0 Å². The smallest absolute Gasteiger partial charge is 0.262 e. The molecule has 30 heavy (non-hydrogen) atoms. The van der Waals surface area contributed by atoms with Crippen LogP contribution < -0.4 is 19.5 Å². The number of aromatic nitrogens is 2. The van der Waals surface area contributed by atoms with Crippen LogP contribution in [0, 0.1) is 0 Å². The lowest BCUT2D eigenvalue weighted by Gasteiger charge is -2.12. The van der Waals surface area contributed by atoms with Crippen LogP contribution >= 0.6 is 0 Å². The average molecular weight is 428 g/mol. The minimum atomic E-state index is -3.84. The van der Waals surface area contributed by atoms with Crippen molar-refractivity contribution in [2.75, 3.05) is 23.8 Å². The van der Waals surface area contributed by atoms with Crippen LogP contribution in [0.1, 0.15) is 10.4 Å². The molecule has 0 radical (unpaired) electrons. The predicted molar refractivity (Wildman–Crippen MR) is 112 cm³/mol. The van der Waals surface area contributed by atoms with Crippen LogP contribution in [-0.4, -0.2) is 38.2 Å². The fourth-order valence-corrected chi connectivity index (χ4v) is 3.62. The van der Waals surface area contributed by atoms with Gasteiger partial charge in [-0.05, 0) is 36.4 Å². The van der Waals surface area contributed by atoms with Crippen LogP contribution in [-0.2, 0) is 10.0 Å². The summed E-state index contributed by atoms with van der Waals surface area (Å²) in [6, 6.07) is 10.6. The summed E-state index contributed by atoms with van der Waals surface area (Å²) >= 11 is 0. The molecule has 0 spiro atoms. The Morgan fingerprint density at radius 1 is 1.20 bits per heavy atom. The lowest BCUT2D eigenvalue weighted by Crippen LogP contribution is -2.15. The van der Waals surface area contributed by atoms with E-state index in [1.165, 1.54) is 43.8 Å². The third-order valence-corrected chi connectivity index (χ3v) is 5.31. The van der Waals surface area contributed by atoms with Crippen LogP contribution in [0.4, 0.5) is 11.4 Å². The van der Waals surface area contributed by atoms with Gasteiger partial charge in [0.1, 0.15) is 6.61 Å². The number of H-pyrrole nitrogens is 1. The Kier molecular flexibility index (Phi) is 6.38. The Hall–Kier alpha value is -3.79. The highest BCUT2D eigenvalue weighted by molar-refractivity contribution is 7.92. The maximum absolute atomic E-state index is 12.6. The molecule has 10 heteroatoms. The topological polar surface area (TPSA) is 122 Å². The van der Waals surface area contributed by atoms with Gasteiger partial charge in [-0.2, -0.15) is 5.10 Å². The molecule has 0 unspecified atom stereocenters. The van der Waals surface area contributed by atoms with Gasteiger partial charge in [0.15, 0.2) is 11.5 Å². The van der Waals surface area contributed by atoms with Crippen molar-refractivity contribution in [3.05, 3.63) is 73.1 Å². The molecule has 1 amide bonds. The molecule has 3 rings (SSSR count). The molecule has 0 bridgehead atoms. The van der Waals surface area contributed by atoms with Crippen molar-refractivity contribution >= 4 is 27.3 Å². The zero-order valence-corrected chi connectivity index (χ0v) is 16.9. The quantitative estimate of drug-likeness (QED) is 0.450. The van der Waals surface area contributed by atoms with Gasteiger partial charge in [0.05, 0.1) is 23.9 Å². The monoisotopic (exact) mass is 428 g/mol. The first kappa shape index (κ1) is 20.9. The summed E-state index contributed by atoms with van der Waals surface area (Å²) in [6.07, 6.45) is 4.36. The number of carbonyl (C=O) groups excluding carboxylic acids is 1. The maximum atomic E-state index is 12.6. The minimum absolute atomic E-state index is 0.00717. The molecule has 0 aliphatic carbocycles. The summed E-state index contributed by atoms with van der Waals surface area (Å²) in [6.45, 7) is 3.89. The van der Waals surface area contributed by atoms with Crippen LogP contribution in [0.3, 0.4) is 0 Å². The molecular weight excluding hydrogens is 408 g/mol. The molecule has 2 aromatic carbocycles. The summed E-state index contributed by atoms with van der Waals surface area (Å²) in [4.78, 5) is 12.6. The molecule has 1 heterocycles. The highest BCUT2D eigenvalue weighted by Crippen LogP contribution is 2.28. The third-order valence-electron chi connectivity index (χ3n) is 3.94. The molecule has 0 aliphatic rings. The Bertz CT molecular complexity index is 1140. The highest BCUT2D eigenvalue weighted by atomic mass is 32.2. The standard InChI is InChI=1S/C20H20N4O5S/c1-3-9-29-18-8-7-14(10-19(18)28-2)20(25)23-15-5-4-6-17(11-15)30(26,27)24-16-12-21-22-13-16/h3-8,10-13,24H,1,9H2,2H3,(H,21,22)(H,23,25). The van der Waals surface area contributed by atoms with E-state index >= 15 is 0 Å². The van der Waals surface area contributed by atoms with Gasteiger partial charge in [-0.1, -0.05) is 18.7 Å². The molecule has 0 atom stereocenters. The number of benzene rings is 2. The second-order valence-electron chi connectivity index (χ2n) is 6.04. The number of hydrogen-bond acceptors (Lipinski definition) is 6. The molecule has 3 aromatic rings. The molecule has 0 aliphatic heterocycles. The summed E-state index contributed by atoms with van der Waals surface area (Å²) in [7, 11) is -2.37. The number of anilines is 2. The second kappa shape index (κ2) is 9.14. The number of carbonyl (C=O) groups is 1.